The highest BCUT2D eigenvalue weighted by atomic mass is 16.3. The summed E-state index contributed by atoms with van der Waals surface area (Å²) in [7, 11) is 0. The number of rotatable bonds is 5. The molecule has 2 nitrogen and oxygen atoms in total. The minimum absolute atomic E-state index is 0.0411. The monoisotopic (exact) mass is 168 g/mol. The highest BCUT2D eigenvalue weighted by Crippen LogP contribution is 2.01. The van der Waals surface area contributed by atoms with E-state index >= 15 is 0 Å². The van der Waals surface area contributed by atoms with Gasteiger partial charge in [0.25, 0.3) is 0 Å². The molecule has 0 saturated carbocycles. The highest BCUT2D eigenvalue weighted by Gasteiger charge is 1.91. The molecule has 0 bridgehead atoms. The van der Waals surface area contributed by atoms with Crippen molar-refractivity contribution in [1.82, 2.24) is 0 Å². The summed E-state index contributed by atoms with van der Waals surface area (Å²) in [6.45, 7) is 4.07. The molecule has 0 spiro atoms. The topological polar surface area (TPSA) is 37.3 Å². The summed E-state index contributed by atoms with van der Waals surface area (Å²) < 4.78 is 0. The molecule has 0 atom stereocenters. The van der Waals surface area contributed by atoms with Gasteiger partial charge in [0.1, 0.15) is 6.29 Å². The molecule has 0 aromatic rings. The second-order valence-electron chi connectivity index (χ2n) is 2.89. The van der Waals surface area contributed by atoms with Crippen LogP contribution in [-0.2, 0) is 4.79 Å². The van der Waals surface area contributed by atoms with Gasteiger partial charge in [0.15, 0.2) is 0 Å². The predicted molar refractivity (Wildman–Crippen MR) is 49.9 cm³/mol. The number of carbonyl (C=O) groups excluding carboxylic acids is 1. The van der Waals surface area contributed by atoms with E-state index in [4.69, 9.17) is 5.11 Å². The first-order valence-electron chi connectivity index (χ1n) is 4.09. The van der Waals surface area contributed by atoms with Crippen LogP contribution in [0, 0.1) is 0 Å². The Morgan fingerprint density at radius 1 is 1.33 bits per heavy atom. The van der Waals surface area contributed by atoms with E-state index in [1.807, 2.05) is 26.0 Å². The fourth-order valence-electron chi connectivity index (χ4n) is 0.784. The van der Waals surface area contributed by atoms with Crippen molar-refractivity contribution in [3.05, 3.63) is 23.3 Å². The van der Waals surface area contributed by atoms with Crippen LogP contribution in [0.4, 0.5) is 0 Å². The largest absolute Gasteiger partial charge is 0.396 e. The molecule has 0 aliphatic heterocycles. The third kappa shape index (κ3) is 5.86. The summed E-state index contributed by atoms with van der Waals surface area (Å²) in [5.74, 6) is 0. The van der Waals surface area contributed by atoms with Crippen LogP contribution in [-0.4, -0.2) is 18.0 Å². The number of aliphatic hydroxyl groups excluding tert-OH is 1. The van der Waals surface area contributed by atoms with Crippen LogP contribution in [0.3, 0.4) is 0 Å². The summed E-state index contributed by atoms with van der Waals surface area (Å²) in [5.41, 5.74) is 1.91. The molecule has 0 fully saturated rings. The van der Waals surface area contributed by atoms with Gasteiger partial charge in [-0.1, -0.05) is 17.7 Å². The van der Waals surface area contributed by atoms with E-state index in [0.29, 0.717) is 12.0 Å². The summed E-state index contributed by atoms with van der Waals surface area (Å²) in [4.78, 5) is 10.4. The number of allylic oxidation sites excluding steroid dienone is 3. The molecule has 0 saturated heterocycles. The Morgan fingerprint density at radius 2 is 2.00 bits per heavy atom. The fraction of sp³-hybridized carbons (Fsp3) is 0.500. The summed E-state index contributed by atoms with van der Waals surface area (Å²) in [6, 6.07) is 0. The maximum Gasteiger partial charge on any atom is 0.145 e. The Labute approximate surface area is 73.6 Å². The van der Waals surface area contributed by atoms with Crippen molar-refractivity contribution >= 4 is 6.29 Å². The third-order valence-electron chi connectivity index (χ3n) is 1.46. The van der Waals surface area contributed by atoms with Gasteiger partial charge in [-0.25, -0.2) is 0 Å². The molecule has 0 rings (SSSR count). The van der Waals surface area contributed by atoms with Crippen LogP contribution >= 0.6 is 0 Å². The SMILES string of the molecule is CC(C)=CC/C=C(/C=O)CCO. The second-order valence-corrected chi connectivity index (χ2v) is 2.89. The molecular weight excluding hydrogens is 152 g/mol. The summed E-state index contributed by atoms with van der Waals surface area (Å²) in [6.07, 6.45) is 5.92. The van der Waals surface area contributed by atoms with Gasteiger partial charge in [0, 0.05) is 6.61 Å². The average molecular weight is 168 g/mol. The molecule has 0 aromatic heterocycles. The maximum atomic E-state index is 10.4. The first-order valence-corrected chi connectivity index (χ1v) is 4.09. The van der Waals surface area contributed by atoms with Gasteiger partial charge in [0.05, 0.1) is 0 Å². The van der Waals surface area contributed by atoms with Gasteiger partial charge in [-0.05, 0) is 32.3 Å². The first kappa shape index (κ1) is 11.1. The lowest BCUT2D eigenvalue weighted by molar-refractivity contribution is -0.105. The first-order chi connectivity index (χ1) is 5.70. The quantitative estimate of drug-likeness (QED) is 0.386. The van der Waals surface area contributed by atoms with Crippen LogP contribution in [0.1, 0.15) is 26.7 Å². The fourth-order valence-corrected chi connectivity index (χ4v) is 0.784. The van der Waals surface area contributed by atoms with E-state index in [0.717, 1.165) is 12.7 Å². The average Bonchev–Trinajstić information content (AvgIpc) is 2.02. The minimum atomic E-state index is 0.0411. The molecule has 2 heteroatoms. The lowest BCUT2D eigenvalue weighted by atomic mass is 10.1. The molecule has 12 heavy (non-hydrogen) atoms. The highest BCUT2D eigenvalue weighted by molar-refractivity contribution is 5.73. The number of aldehydes is 1. The van der Waals surface area contributed by atoms with E-state index in [9.17, 15) is 4.79 Å². The van der Waals surface area contributed by atoms with E-state index in [-0.39, 0.29) is 6.61 Å². The molecule has 1 N–H and O–H groups in total. The predicted octanol–water partition coefficient (Wildman–Crippen LogP) is 1.85. The van der Waals surface area contributed by atoms with E-state index in [1.165, 1.54) is 5.57 Å². The van der Waals surface area contributed by atoms with Crippen LogP contribution in [0.25, 0.3) is 0 Å². The molecule has 0 amide bonds. The van der Waals surface area contributed by atoms with Crippen molar-refractivity contribution in [2.24, 2.45) is 0 Å². The zero-order valence-electron chi connectivity index (χ0n) is 7.71. The second kappa shape index (κ2) is 6.80. The van der Waals surface area contributed by atoms with Gasteiger partial charge >= 0.3 is 0 Å². The molecule has 0 aliphatic carbocycles. The van der Waals surface area contributed by atoms with Gasteiger partial charge < -0.3 is 5.11 Å². The van der Waals surface area contributed by atoms with Crippen molar-refractivity contribution < 1.29 is 9.90 Å². The number of aliphatic hydroxyl groups is 1. The normalized spacial score (nSPS) is 11.1. The molecule has 68 valence electrons. The molecule has 0 unspecified atom stereocenters. The van der Waals surface area contributed by atoms with Crippen molar-refractivity contribution in [1.29, 1.82) is 0 Å². The maximum absolute atomic E-state index is 10.4. The number of carbonyl (C=O) groups is 1. The van der Waals surface area contributed by atoms with Crippen molar-refractivity contribution in [2.45, 2.75) is 26.7 Å². The lowest BCUT2D eigenvalue weighted by Crippen LogP contribution is -1.89. The van der Waals surface area contributed by atoms with Crippen molar-refractivity contribution in [3.63, 3.8) is 0 Å². The molecular formula is C10H16O2. The Morgan fingerprint density at radius 3 is 2.42 bits per heavy atom. The summed E-state index contributed by atoms with van der Waals surface area (Å²) >= 11 is 0. The number of hydrogen-bond acceptors (Lipinski definition) is 2. The van der Waals surface area contributed by atoms with Gasteiger partial charge in [-0.15, -0.1) is 0 Å². The lowest BCUT2D eigenvalue weighted by Gasteiger charge is -1.94. The minimum Gasteiger partial charge on any atom is -0.396 e. The molecule has 0 aliphatic rings. The Hall–Kier alpha value is -0.890. The zero-order valence-corrected chi connectivity index (χ0v) is 7.71. The molecule has 0 aromatic carbocycles. The van der Waals surface area contributed by atoms with Crippen LogP contribution in [0.15, 0.2) is 23.3 Å². The Bertz CT molecular complexity index is 186. The van der Waals surface area contributed by atoms with Gasteiger partial charge in [-0.3, -0.25) is 4.79 Å². The zero-order chi connectivity index (χ0) is 9.40. The van der Waals surface area contributed by atoms with E-state index in [1.54, 1.807) is 0 Å². The standard InChI is InChI=1S/C10H16O2/c1-9(2)4-3-5-10(8-12)6-7-11/h4-5,8,11H,3,6-7H2,1-2H3/b10-5+. The Kier molecular flexibility index (Phi) is 6.29. The Balaban J connectivity index is 3.94. The van der Waals surface area contributed by atoms with E-state index in [2.05, 4.69) is 0 Å². The van der Waals surface area contributed by atoms with Crippen molar-refractivity contribution in [3.8, 4) is 0 Å². The third-order valence-corrected chi connectivity index (χ3v) is 1.46. The van der Waals surface area contributed by atoms with Crippen LogP contribution in [0.2, 0.25) is 0 Å². The summed E-state index contributed by atoms with van der Waals surface area (Å²) in [5, 5.41) is 8.56. The van der Waals surface area contributed by atoms with Crippen LogP contribution in [0.5, 0.6) is 0 Å². The smallest absolute Gasteiger partial charge is 0.145 e. The van der Waals surface area contributed by atoms with Gasteiger partial charge in [-0.2, -0.15) is 0 Å². The van der Waals surface area contributed by atoms with Gasteiger partial charge in [0.2, 0.25) is 0 Å². The van der Waals surface area contributed by atoms with Crippen LogP contribution < -0.4 is 0 Å². The van der Waals surface area contributed by atoms with Crippen molar-refractivity contribution in [2.75, 3.05) is 6.61 Å². The molecule has 0 radical (unpaired) electrons. The molecule has 0 heterocycles. The number of hydrogen-bond donors (Lipinski definition) is 1. The van der Waals surface area contributed by atoms with E-state index < -0.39 is 0 Å².